The van der Waals surface area contributed by atoms with E-state index in [2.05, 4.69) is 65.8 Å². The van der Waals surface area contributed by atoms with Crippen molar-refractivity contribution in [2.24, 2.45) is 0 Å². The average Bonchev–Trinajstić information content (AvgIpc) is 3.26. The Balaban J connectivity index is 1.53. The smallest absolute Gasteiger partial charge is 0.124 e. The number of rotatable bonds is 6. The molecular formula is C22H27N3O. The number of aromatic nitrogens is 2. The van der Waals surface area contributed by atoms with E-state index in [1.165, 1.54) is 42.6 Å². The molecule has 2 heterocycles. The van der Waals surface area contributed by atoms with Gasteiger partial charge in [-0.3, -0.25) is 4.90 Å². The number of imidazole rings is 1. The number of fused-ring (bicyclic) bond motifs is 1. The highest BCUT2D eigenvalue weighted by atomic mass is 16.5. The molecular weight excluding hydrogens is 322 g/mol. The lowest BCUT2D eigenvalue weighted by molar-refractivity contribution is 0.284. The van der Waals surface area contributed by atoms with Crippen molar-refractivity contribution < 1.29 is 4.74 Å². The lowest BCUT2D eigenvalue weighted by atomic mass is 10.1. The van der Waals surface area contributed by atoms with Crippen molar-refractivity contribution in [3.8, 4) is 5.75 Å². The maximum absolute atomic E-state index is 6.10. The first-order valence-electron chi connectivity index (χ1n) is 9.57. The average molecular weight is 349 g/mol. The highest BCUT2D eigenvalue weighted by Crippen LogP contribution is 2.21. The minimum atomic E-state index is 0.650. The number of hydrogen-bond acceptors (Lipinski definition) is 3. The lowest BCUT2D eigenvalue weighted by Gasteiger charge is -2.16. The van der Waals surface area contributed by atoms with Crippen molar-refractivity contribution in [2.75, 3.05) is 19.7 Å². The number of likely N-dealkylation sites (tertiary alicyclic amines) is 1. The molecule has 4 nitrogen and oxygen atoms in total. The van der Waals surface area contributed by atoms with Crippen LogP contribution in [0.3, 0.4) is 0 Å². The van der Waals surface area contributed by atoms with E-state index in [0.29, 0.717) is 6.61 Å². The Labute approximate surface area is 155 Å². The van der Waals surface area contributed by atoms with Crippen LogP contribution in [0.2, 0.25) is 0 Å². The van der Waals surface area contributed by atoms with E-state index >= 15 is 0 Å². The molecule has 136 valence electrons. The fourth-order valence-electron chi connectivity index (χ4n) is 3.75. The lowest BCUT2D eigenvalue weighted by Crippen LogP contribution is -2.22. The largest absolute Gasteiger partial charge is 0.491 e. The predicted octanol–water partition coefficient (Wildman–Crippen LogP) is 4.33. The highest BCUT2D eigenvalue weighted by Gasteiger charge is 2.17. The van der Waals surface area contributed by atoms with Gasteiger partial charge < -0.3 is 9.30 Å². The summed E-state index contributed by atoms with van der Waals surface area (Å²) in [5.74, 6) is 2.13. The van der Waals surface area contributed by atoms with E-state index in [1.54, 1.807) is 0 Å². The molecule has 3 aromatic rings. The quantitative estimate of drug-likeness (QED) is 0.664. The molecule has 0 amide bonds. The molecule has 0 N–H and O–H groups in total. The van der Waals surface area contributed by atoms with Crippen LogP contribution < -0.4 is 4.74 Å². The summed E-state index contributed by atoms with van der Waals surface area (Å²) < 4.78 is 8.43. The van der Waals surface area contributed by atoms with Crippen LogP contribution in [0.5, 0.6) is 5.75 Å². The molecule has 1 fully saturated rings. The molecule has 1 saturated heterocycles. The zero-order valence-corrected chi connectivity index (χ0v) is 15.7. The Morgan fingerprint density at radius 1 is 1.04 bits per heavy atom. The second-order valence-electron chi connectivity index (χ2n) is 7.27. The molecule has 0 atom stereocenters. The minimum absolute atomic E-state index is 0.650. The molecule has 0 radical (unpaired) electrons. The van der Waals surface area contributed by atoms with Gasteiger partial charge in [-0.05, 0) is 69.1 Å². The van der Waals surface area contributed by atoms with Gasteiger partial charge in [-0.2, -0.15) is 0 Å². The third kappa shape index (κ3) is 3.61. The number of aryl methyl sites for hydroxylation is 2. The Morgan fingerprint density at radius 3 is 2.69 bits per heavy atom. The van der Waals surface area contributed by atoms with Crippen LogP contribution in [-0.4, -0.2) is 34.1 Å². The molecule has 1 aliphatic heterocycles. The maximum Gasteiger partial charge on any atom is 0.124 e. The van der Waals surface area contributed by atoms with Crippen molar-refractivity contribution in [1.29, 1.82) is 0 Å². The van der Waals surface area contributed by atoms with Gasteiger partial charge in [0.1, 0.15) is 18.2 Å². The zero-order valence-electron chi connectivity index (χ0n) is 15.7. The van der Waals surface area contributed by atoms with Gasteiger partial charge in [0.05, 0.1) is 24.1 Å². The van der Waals surface area contributed by atoms with Gasteiger partial charge in [0.25, 0.3) is 0 Å². The van der Waals surface area contributed by atoms with Crippen LogP contribution in [0, 0.1) is 13.8 Å². The number of nitrogens with zero attached hydrogens (tertiary/aromatic N) is 3. The van der Waals surface area contributed by atoms with Crippen molar-refractivity contribution in [3.63, 3.8) is 0 Å². The van der Waals surface area contributed by atoms with E-state index in [-0.39, 0.29) is 0 Å². The number of ether oxygens (including phenoxy) is 1. The van der Waals surface area contributed by atoms with Crippen LogP contribution in [0.25, 0.3) is 11.0 Å². The topological polar surface area (TPSA) is 30.3 Å². The molecule has 0 unspecified atom stereocenters. The Hall–Kier alpha value is -2.33. The first kappa shape index (κ1) is 17.1. The summed E-state index contributed by atoms with van der Waals surface area (Å²) in [4.78, 5) is 7.40. The number of benzene rings is 2. The second-order valence-corrected chi connectivity index (χ2v) is 7.27. The first-order chi connectivity index (χ1) is 12.7. The summed E-state index contributed by atoms with van der Waals surface area (Å²) >= 11 is 0. The molecule has 2 aromatic carbocycles. The normalized spacial score (nSPS) is 15.0. The number of hydrogen-bond donors (Lipinski definition) is 0. The van der Waals surface area contributed by atoms with Crippen molar-refractivity contribution in [2.45, 2.75) is 39.8 Å². The van der Waals surface area contributed by atoms with Gasteiger partial charge in [0, 0.05) is 0 Å². The van der Waals surface area contributed by atoms with Crippen molar-refractivity contribution in [1.82, 2.24) is 14.5 Å². The van der Waals surface area contributed by atoms with Gasteiger partial charge >= 0.3 is 0 Å². The third-order valence-electron chi connectivity index (χ3n) is 5.21. The summed E-state index contributed by atoms with van der Waals surface area (Å²) in [7, 11) is 0. The summed E-state index contributed by atoms with van der Waals surface area (Å²) in [6, 6.07) is 14.8. The predicted molar refractivity (Wildman–Crippen MR) is 106 cm³/mol. The van der Waals surface area contributed by atoms with E-state index in [1.807, 2.05) is 0 Å². The van der Waals surface area contributed by atoms with Crippen LogP contribution in [0.15, 0.2) is 42.5 Å². The summed E-state index contributed by atoms with van der Waals surface area (Å²) in [5.41, 5.74) is 4.69. The molecule has 0 bridgehead atoms. The Kier molecular flexibility index (Phi) is 4.93. The number of para-hydroxylation sites is 2. The van der Waals surface area contributed by atoms with Crippen LogP contribution in [0.4, 0.5) is 0 Å². The van der Waals surface area contributed by atoms with Crippen molar-refractivity contribution in [3.05, 3.63) is 59.4 Å². The van der Waals surface area contributed by atoms with Gasteiger partial charge in [-0.1, -0.05) is 24.3 Å². The van der Waals surface area contributed by atoms with Gasteiger partial charge in [0.15, 0.2) is 0 Å². The van der Waals surface area contributed by atoms with Crippen LogP contribution >= 0.6 is 0 Å². The molecule has 0 spiro atoms. The Morgan fingerprint density at radius 2 is 1.85 bits per heavy atom. The van der Waals surface area contributed by atoms with E-state index in [0.717, 1.165) is 30.2 Å². The van der Waals surface area contributed by atoms with E-state index < -0.39 is 0 Å². The minimum Gasteiger partial charge on any atom is -0.491 e. The molecule has 0 aliphatic carbocycles. The van der Waals surface area contributed by atoms with E-state index in [9.17, 15) is 0 Å². The zero-order chi connectivity index (χ0) is 17.9. The second kappa shape index (κ2) is 7.50. The summed E-state index contributed by atoms with van der Waals surface area (Å²) in [6.45, 7) is 8.96. The monoisotopic (exact) mass is 349 g/mol. The van der Waals surface area contributed by atoms with Crippen molar-refractivity contribution >= 4 is 11.0 Å². The van der Waals surface area contributed by atoms with Gasteiger partial charge in [-0.15, -0.1) is 0 Å². The molecule has 26 heavy (non-hydrogen) atoms. The standard InChI is InChI=1S/C22H27N3O/c1-17-9-10-18(2)21(15-17)26-14-13-25-20-8-4-3-7-19(20)23-22(25)16-24-11-5-6-12-24/h3-4,7-10,15H,5-6,11-14,16H2,1-2H3. The summed E-state index contributed by atoms with van der Waals surface area (Å²) in [5, 5.41) is 0. The molecule has 4 heteroatoms. The van der Waals surface area contributed by atoms with E-state index in [4.69, 9.17) is 9.72 Å². The third-order valence-corrected chi connectivity index (χ3v) is 5.21. The molecule has 1 aliphatic rings. The van der Waals surface area contributed by atoms with Gasteiger partial charge in [-0.25, -0.2) is 4.98 Å². The molecule has 1 aromatic heterocycles. The maximum atomic E-state index is 6.10. The molecule has 0 saturated carbocycles. The summed E-state index contributed by atoms with van der Waals surface area (Å²) in [6.07, 6.45) is 2.60. The first-order valence-corrected chi connectivity index (χ1v) is 9.57. The van der Waals surface area contributed by atoms with Crippen LogP contribution in [0.1, 0.15) is 29.8 Å². The highest BCUT2D eigenvalue weighted by molar-refractivity contribution is 5.75. The fourth-order valence-corrected chi connectivity index (χ4v) is 3.75. The molecule has 4 rings (SSSR count). The van der Waals surface area contributed by atoms with Gasteiger partial charge in [0.2, 0.25) is 0 Å². The van der Waals surface area contributed by atoms with Crippen LogP contribution in [-0.2, 0) is 13.1 Å². The fraction of sp³-hybridized carbons (Fsp3) is 0.409. The Bertz CT molecular complexity index is 894. The SMILES string of the molecule is Cc1ccc(C)c(OCCn2c(CN3CCCC3)nc3ccccc32)c1.